The standard InChI is InChI=1S/C19H21ClN2O3S/c1-13-10-16-11-15(6-9-18(16)22(13)26(3,24)25)19(23)21(2)12-14-4-7-17(20)8-5-14/h4-9,11,13H,10,12H2,1-3H3. The summed E-state index contributed by atoms with van der Waals surface area (Å²) in [6.45, 7) is 2.34. The van der Waals surface area contributed by atoms with E-state index in [-0.39, 0.29) is 11.9 Å². The van der Waals surface area contributed by atoms with E-state index < -0.39 is 10.0 Å². The lowest BCUT2D eigenvalue weighted by Gasteiger charge is -2.22. The Kier molecular flexibility index (Phi) is 4.99. The number of amides is 1. The van der Waals surface area contributed by atoms with Crippen molar-refractivity contribution in [2.24, 2.45) is 0 Å². The van der Waals surface area contributed by atoms with E-state index >= 15 is 0 Å². The van der Waals surface area contributed by atoms with Crippen molar-refractivity contribution in [3.05, 3.63) is 64.2 Å². The summed E-state index contributed by atoms with van der Waals surface area (Å²) >= 11 is 5.89. The summed E-state index contributed by atoms with van der Waals surface area (Å²) in [6.07, 6.45) is 1.81. The molecular weight excluding hydrogens is 372 g/mol. The summed E-state index contributed by atoms with van der Waals surface area (Å²) in [7, 11) is -1.59. The molecule has 1 aliphatic heterocycles. The Balaban J connectivity index is 1.81. The van der Waals surface area contributed by atoms with Gasteiger partial charge in [0.2, 0.25) is 10.0 Å². The van der Waals surface area contributed by atoms with Crippen LogP contribution in [0.3, 0.4) is 0 Å². The maximum Gasteiger partial charge on any atom is 0.253 e. The van der Waals surface area contributed by atoms with Crippen molar-refractivity contribution >= 4 is 33.2 Å². The van der Waals surface area contributed by atoms with E-state index in [2.05, 4.69) is 0 Å². The highest BCUT2D eigenvalue weighted by atomic mass is 35.5. The number of rotatable bonds is 4. The molecule has 138 valence electrons. The first-order chi connectivity index (χ1) is 12.2. The average molecular weight is 393 g/mol. The predicted molar refractivity (Wildman–Crippen MR) is 104 cm³/mol. The highest BCUT2D eigenvalue weighted by Gasteiger charge is 2.33. The number of fused-ring (bicyclic) bond motifs is 1. The fraction of sp³-hybridized carbons (Fsp3) is 0.316. The van der Waals surface area contributed by atoms with Gasteiger partial charge in [0.1, 0.15) is 0 Å². The molecule has 1 heterocycles. The summed E-state index contributed by atoms with van der Waals surface area (Å²) in [6, 6.07) is 12.5. The van der Waals surface area contributed by atoms with Gasteiger partial charge in [-0.15, -0.1) is 0 Å². The third-order valence-corrected chi connectivity index (χ3v) is 6.04. The van der Waals surface area contributed by atoms with Crippen LogP contribution in [0.1, 0.15) is 28.4 Å². The molecule has 0 aliphatic carbocycles. The molecule has 5 nitrogen and oxygen atoms in total. The minimum absolute atomic E-state index is 0.104. The van der Waals surface area contributed by atoms with E-state index in [0.29, 0.717) is 29.2 Å². The van der Waals surface area contributed by atoms with Crippen LogP contribution >= 0.6 is 11.6 Å². The quantitative estimate of drug-likeness (QED) is 0.801. The molecule has 0 radical (unpaired) electrons. The highest BCUT2D eigenvalue weighted by Crippen LogP contribution is 2.34. The molecule has 0 aromatic heterocycles. The van der Waals surface area contributed by atoms with Crippen molar-refractivity contribution in [2.75, 3.05) is 17.6 Å². The summed E-state index contributed by atoms with van der Waals surface area (Å²) in [5.74, 6) is -0.104. The van der Waals surface area contributed by atoms with E-state index in [1.54, 1.807) is 42.3 Å². The Bertz CT molecular complexity index is 942. The summed E-state index contributed by atoms with van der Waals surface area (Å²) in [5.41, 5.74) is 3.09. The number of sulfonamides is 1. The Hall–Kier alpha value is -2.05. The van der Waals surface area contributed by atoms with Crippen molar-refractivity contribution in [3.63, 3.8) is 0 Å². The number of hydrogen-bond acceptors (Lipinski definition) is 3. The molecule has 26 heavy (non-hydrogen) atoms. The molecule has 1 aliphatic rings. The monoisotopic (exact) mass is 392 g/mol. The van der Waals surface area contributed by atoms with Gasteiger partial charge in [0.05, 0.1) is 11.9 Å². The van der Waals surface area contributed by atoms with Crippen molar-refractivity contribution in [1.29, 1.82) is 0 Å². The molecule has 0 saturated heterocycles. The molecule has 0 fully saturated rings. The van der Waals surface area contributed by atoms with Crippen LogP contribution in [0.15, 0.2) is 42.5 Å². The fourth-order valence-corrected chi connectivity index (χ4v) is 4.79. The number of nitrogens with zero attached hydrogens (tertiary/aromatic N) is 2. The van der Waals surface area contributed by atoms with Crippen molar-refractivity contribution in [3.8, 4) is 0 Å². The van der Waals surface area contributed by atoms with Crippen LogP contribution in [-0.2, 0) is 23.0 Å². The van der Waals surface area contributed by atoms with Gasteiger partial charge in [0.25, 0.3) is 5.91 Å². The minimum atomic E-state index is -3.33. The second-order valence-electron chi connectivity index (χ2n) is 6.74. The molecule has 0 bridgehead atoms. The zero-order valence-electron chi connectivity index (χ0n) is 14.9. The van der Waals surface area contributed by atoms with Crippen LogP contribution in [0.2, 0.25) is 5.02 Å². The van der Waals surface area contributed by atoms with Gasteiger partial charge < -0.3 is 4.90 Å². The lowest BCUT2D eigenvalue weighted by atomic mass is 10.1. The van der Waals surface area contributed by atoms with Crippen LogP contribution in [-0.4, -0.2) is 38.6 Å². The first-order valence-corrected chi connectivity index (χ1v) is 10.5. The molecule has 0 N–H and O–H groups in total. The predicted octanol–water partition coefficient (Wildman–Crippen LogP) is 3.32. The van der Waals surface area contributed by atoms with Gasteiger partial charge in [0, 0.05) is 30.2 Å². The second-order valence-corrected chi connectivity index (χ2v) is 9.04. The topological polar surface area (TPSA) is 57.7 Å². The summed E-state index contributed by atoms with van der Waals surface area (Å²) in [4.78, 5) is 14.4. The van der Waals surface area contributed by atoms with E-state index in [1.807, 2.05) is 19.1 Å². The first-order valence-electron chi connectivity index (χ1n) is 8.29. The molecule has 3 rings (SSSR count). The van der Waals surface area contributed by atoms with E-state index in [1.165, 1.54) is 10.6 Å². The number of benzene rings is 2. The van der Waals surface area contributed by atoms with Crippen LogP contribution in [0.25, 0.3) is 0 Å². The third kappa shape index (κ3) is 3.71. The van der Waals surface area contributed by atoms with Crippen LogP contribution in [0.5, 0.6) is 0 Å². The molecule has 2 aromatic carbocycles. The lowest BCUT2D eigenvalue weighted by Crippen LogP contribution is -2.34. The Morgan fingerprint density at radius 2 is 1.88 bits per heavy atom. The van der Waals surface area contributed by atoms with Crippen LogP contribution in [0.4, 0.5) is 5.69 Å². The lowest BCUT2D eigenvalue weighted by molar-refractivity contribution is 0.0785. The van der Waals surface area contributed by atoms with Gasteiger partial charge in [-0.3, -0.25) is 9.10 Å². The molecule has 1 amide bonds. The number of anilines is 1. The fourth-order valence-electron chi connectivity index (χ4n) is 3.40. The van der Waals surface area contributed by atoms with Gasteiger partial charge >= 0.3 is 0 Å². The van der Waals surface area contributed by atoms with Gasteiger partial charge in [0.15, 0.2) is 0 Å². The number of carbonyl (C=O) groups excluding carboxylic acids is 1. The van der Waals surface area contributed by atoms with Gasteiger partial charge in [-0.05, 0) is 54.8 Å². The third-order valence-electron chi connectivity index (χ3n) is 4.52. The SMILES string of the molecule is CC1Cc2cc(C(=O)N(C)Cc3ccc(Cl)cc3)ccc2N1S(C)(=O)=O. The Morgan fingerprint density at radius 1 is 1.23 bits per heavy atom. The number of hydrogen-bond donors (Lipinski definition) is 0. The number of carbonyl (C=O) groups is 1. The normalized spacial score (nSPS) is 16.5. The maximum absolute atomic E-state index is 12.7. The van der Waals surface area contributed by atoms with Crippen molar-refractivity contribution in [1.82, 2.24) is 4.90 Å². The molecule has 0 spiro atoms. The zero-order chi connectivity index (χ0) is 19.1. The summed E-state index contributed by atoms with van der Waals surface area (Å²) < 4.78 is 25.4. The molecule has 1 unspecified atom stereocenters. The first kappa shape index (κ1) is 18.7. The van der Waals surface area contributed by atoms with Crippen LogP contribution in [0, 0.1) is 0 Å². The van der Waals surface area contributed by atoms with Gasteiger partial charge in [-0.1, -0.05) is 23.7 Å². The summed E-state index contributed by atoms with van der Waals surface area (Å²) in [5, 5.41) is 0.658. The highest BCUT2D eigenvalue weighted by molar-refractivity contribution is 7.92. The Labute approximate surface area is 159 Å². The smallest absolute Gasteiger partial charge is 0.253 e. The largest absolute Gasteiger partial charge is 0.337 e. The Morgan fingerprint density at radius 3 is 2.50 bits per heavy atom. The average Bonchev–Trinajstić information content (AvgIpc) is 2.91. The molecule has 2 aromatic rings. The van der Waals surface area contributed by atoms with Crippen molar-refractivity contribution < 1.29 is 13.2 Å². The molecule has 1 atom stereocenters. The molecule has 0 saturated carbocycles. The van der Waals surface area contributed by atoms with E-state index in [4.69, 9.17) is 11.6 Å². The van der Waals surface area contributed by atoms with Crippen LogP contribution < -0.4 is 4.31 Å². The van der Waals surface area contributed by atoms with Crippen molar-refractivity contribution in [2.45, 2.75) is 25.9 Å². The second kappa shape index (κ2) is 6.93. The molecular formula is C19H21ClN2O3S. The molecule has 7 heteroatoms. The van der Waals surface area contributed by atoms with E-state index in [9.17, 15) is 13.2 Å². The maximum atomic E-state index is 12.7. The number of halogens is 1. The van der Waals surface area contributed by atoms with Gasteiger partial charge in [-0.25, -0.2) is 8.42 Å². The van der Waals surface area contributed by atoms with E-state index in [0.717, 1.165) is 11.1 Å². The zero-order valence-corrected chi connectivity index (χ0v) is 16.5. The minimum Gasteiger partial charge on any atom is -0.337 e. The van der Waals surface area contributed by atoms with Gasteiger partial charge in [-0.2, -0.15) is 0 Å².